The third-order valence-corrected chi connectivity index (χ3v) is 1.98. The highest BCUT2D eigenvalue weighted by atomic mass is 16.3. The molecule has 0 fully saturated rings. The van der Waals surface area contributed by atoms with Crippen molar-refractivity contribution in [3.63, 3.8) is 0 Å². The largest absolute Gasteiger partial charge is 0.393 e. The summed E-state index contributed by atoms with van der Waals surface area (Å²) in [5.74, 6) is 0. The Morgan fingerprint density at radius 1 is 1.67 bits per heavy atom. The molecular formula is C9H16N2O. The molecule has 12 heavy (non-hydrogen) atoms. The zero-order valence-electron chi connectivity index (χ0n) is 7.70. The van der Waals surface area contributed by atoms with Crippen LogP contribution in [0.1, 0.15) is 25.5 Å². The maximum absolute atomic E-state index is 9.03. The van der Waals surface area contributed by atoms with Crippen LogP contribution in [0, 0.1) is 0 Å². The Morgan fingerprint density at radius 3 is 2.92 bits per heavy atom. The Labute approximate surface area is 73.0 Å². The second-order valence-corrected chi connectivity index (χ2v) is 3.19. The number of aliphatic hydroxyl groups is 1. The molecule has 1 rings (SSSR count). The van der Waals surface area contributed by atoms with Gasteiger partial charge < -0.3 is 5.11 Å². The number of aliphatic hydroxyl groups excluding tert-OH is 1. The van der Waals surface area contributed by atoms with E-state index in [1.165, 1.54) is 5.69 Å². The summed E-state index contributed by atoms with van der Waals surface area (Å²) in [6.45, 7) is 1.82. The van der Waals surface area contributed by atoms with E-state index in [0.29, 0.717) is 0 Å². The zero-order valence-corrected chi connectivity index (χ0v) is 7.70. The molecule has 3 nitrogen and oxygen atoms in total. The maximum Gasteiger partial charge on any atom is 0.0512 e. The molecule has 0 aromatic carbocycles. The van der Waals surface area contributed by atoms with Gasteiger partial charge in [0.15, 0.2) is 0 Å². The van der Waals surface area contributed by atoms with Gasteiger partial charge in [-0.3, -0.25) is 4.68 Å². The zero-order chi connectivity index (χ0) is 8.97. The van der Waals surface area contributed by atoms with Gasteiger partial charge in [0.05, 0.1) is 6.10 Å². The Hall–Kier alpha value is -0.830. The summed E-state index contributed by atoms with van der Waals surface area (Å²) in [5.41, 5.74) is 1.23. The van der Waals surface area contributed by atoms with Crippen LogP contribution in [0.5, 0.6) is 0 Å². The highest BCUT2D eigenvalue weighted by Gasteiger charge is 1.99. The van der Waals surface area contributed by atoms with Gasteiger partial charge in [0, 0.05) is 18.9 Å². The van der Waals surface area contributed by atoms with Crippen LogP contribution in [0.25, 0.3) is 0 Å². The third kappa shape index (κ3) is 2.66. The quantitative estimate of drug-likeness (QED) is 0.731. The van der Waals surface area contributed by atoms with Gasteiger partial charge in [-0.2, -0.15) is 5.10 Å². The van der Waals surface area contributed by atoms with Crippen LogP contribution in [-0.4, -0.2) is 21.0 Å². The Morgan fingerprint density at radius 2 is 2.42 bits per heavy atom. The topological polar surface area (TPSA) is 38.1 Å². The number of hydrogen-bond acceptors (Lipinski definition) is 2. The molecule has 1 atom stereocenters. The van der Waals surface area contributed by atoms with Crippen molar-refractivity contribution in [2.45, 2.75) is 32.3 Å². The molecule has 0 aliphatic carbocycles. The van der Waals surface area contributed by atoms with Gasteiger partial charge in [0.1, 0.15) is 0 Å². The second kappa shape index (κ2) is 4.26. The monoisotopic (exact) mass is 168 g/mol. The summed E-state index contributed by atoms with van der Waals surface area (Å²) in [5, 5.41) is 13.1. The number of aromatic nitrogens is 2. The molecule has 0 amide bonds. The molecule has 68 valence electrons. The fourth-order valence-corrected chi connectivity index (χ4v) is 1.23. The first-order valence-electron chi connectivity index (χ1n) is 4.35. The van der Waals surface area contributed by atoms with E-state index in [2.05, 4.69) is 5.10 Å². The predicted molar refractivity (Wildman–Crippen MR) is 47.8 cm³/mol. The first-order valence-corrected chi connectivity index (χ1v) is 4.35. The van der Waals surface area contributed by atoms with E-state index in [4.69, 9.17) is 5.11 Å². The van der Waals surface area contributed by atoms with E-state index in [1.807, 2.05) is 24.7 Å². The van der Waals surface area contributed by atoms with E-state index in [9.17, 15) is 0 Å². The summed E-state index contributed by atoms with van der Waals surface area (Å²) in [6.07, 6.45) is 4.51. The van der Waals surface area contributed by atoms with Gasteiger partial charge >= 0.3 is 0 Å². The Balaban J connectivity index is 2.29. The summed E-state index contributed by atoms with van der Waals surface area (Å²) in [6, 6.07) is 2.02. The van der Waals surface area contributed by atoms with Crippen molar-refractivity contribution in [2.24, 2.45) is 7.05 Å². The lowest BCUT2D eigenvalue weighted by atomic mass is 10.1. The number of rotatable bonds is 4. The minimum absolute atomic E-state index is 0.182. The van der Waals surface area contributed by atoms with Gasteiger partial charge in [0.25, 0.3) is 0 Å². The van der Waals surface area contributed by atoms with Gasteiger partial charge in [-0.1, -0.05) is 0 Å². The fourth-order valence-electron chi connectivity index (χ4n) is 1.23. The number of nitrogens with zero attached hydrogens (tertiary/aromatic N) is 2. The summed E-state index contributed by atoms with van der Waals surface area (Å²) in [4.78, 5) is 0. The molecule has 1 N–H and O–H groups in total. The highest BCUT2D eigenvalue weighted by Crippen LogP contribution is 2.04. The molecule has 0 saturated heterocycles. The van der Waals surface area contributed by atoms with Crippen LogP contribution < -0.4 is 0 Å². The molecule has 0 spiro atoms. The maximum atomic E-state index is 9.03. The average Bonchev–Trinajstić information content (AvgIpc) is 2.36. The lowest BCUT2D eigenvalue weighted by Crippen LogP contribution is -2.02. The van der Waals surface area contributed by atoms with E-state index < -0.39 is 0 Å². The molecule has 0 aliphatic rings. The number of hydrogen-bond donors (Lipinski definition) is 1. The molecule has 1 aromatic heterocycles. The molecule has 3 heteroatoms. The molecule has 0 radical (unpaired) electrons. The Bertz CT molecular complexity index is 230. The average molecular weight is 168 g/mol. The van der Waals surface area contributed by atoms with E-state index in [-0.39, 0.29) is 6.10 Å². The minimum atomic E-state index is -0.182. The standard InChI is InChI=1S/C9H16N2O/c1-8(12)4-3-5-9-6-7-10-11(9)2/h6-8,12H,3-5H2,1-2H3. The van der Waals surface area contributed by atoms with Crippen molar-refractivity contribution in [3.05, 3.63) is 18.0 Å². The molecule has 0 bridgehead atoms. The lowest BCUT2D eigenvalue weighted by Gasteiger charge is -2.03. The smallest absolute Gasteiger partial charge is 0.0512 e. The fraction of sp³-hybridized carbons (Fsp3) is 0.667. The van der Waals surface area contributed by atoms with Gasteiger partial charge in [-0.05, 0) is 32.3 Å². The first kappa shape index (κ1) is 9.26. The van der Waals surface area contributed by atoms with Gasteiger partial charge in [0.2, 0.25) is 0 Å². The van der Waals surface area contributed by atoms with Crippen molar-refractivity contribution in [1.82, 2.24) is 9.78 Å². The molecular weight excluding hydrogens is 152 g/mol. The van der Waals surface area contributed by atoms with Gasteiger partial charge in [-0.25, -0.2) is 0 Å². The molecule has 0 aliphatic heterocycles. The van der Waals surface area contributed by atoms with Crippen molar-refractivity contribution in [2.75, 3.05) is 0 Å². The van der Waals surface area contributed by atoms with Crippen molar-refractivity contribution in [1.29, 1.82) is 0 Å². The number of aryl methyl sites for hydroxylation is 2. The van der Waals surface area contributed by atoms with Crippen LogP contribution in [0.3, 0.4) is 0 Å². The minimum Gasteiger partial charge on any atom is -0.393 e. The molecule has 1 unspecified atom stereocenters. The van der Waals surface area contributed by atoms with Gasteiger partial charge in [-0.15, -0.1) is 0 Å². The summed E-state index contributed by atoms with van der Waals surface area (Å²) < 4.78 is 1.88. The summed E-state index contributed by atoms with van der Waals surface area (Å²) >= 11 is 0. The molecule has 0 saturated carbocycles. The van der Waals surface area contributed by atoms with E-state index in [1.54, 1.807) is 6.20 Å². The van der Waals surface area contributed by atoms with Crippen LogP contribution in [0.15, 0.2) is 12.3 Å². The van der Waals surface area contributed by atoms with E-state index in [0.717, 1.165) is 19.3 Å². The van der Waals surface area contributed by atoms with Crippen LogP contribution in [-0.2, 0) is 13.5 Å². The van der Waals surface area contributed by atoms with Crippen molar-refractivity contribution < 1.29 is 5.11 Å². The second-order valence-electron chi connectivity index (χ2n) is 3.19. The third-order valence-electron chi connectivity index (χ3n) is 1.98. The van der Waals surface area contributed by atoms with Crippen molar-refractivity contribution in [3.8, 4) is 0 Å². The Kier molecular flexibility index (Phi) is 3.29. The SMILES string of the molecule is CC(O)CCCc1ccnn1C. The summed E-state index contributed by atoms with van der Waals surface area (Å²) in [7, 11) is 1.94. The predicted octanol–water partition coefficient (Wildman–Crippen LogP) is 1.12. The van der Waals surface area contributed by atoms with Crippen LogP contribution in [0.4, 0.5) is 0 Å². The first-order chi connectivity index (χ1) is 5.70. The van der Waals surface area contributed by atoms with Crippen LogP contribution >= 0.6 is 0 Å². The van der Waals surface area contributed by atoms with E-state index >= 15 is 0 Å². The molecule has 1 heterocycles. The van der Waals surface area contributed by atoms with Crippen LogP contribution in [0.2, 0.25) is 0 Å². The molecule has 1 aromatic rings. The van der Waals surface area contributed by atoms with Crippen molar-refractivity contribution >= 4 is 0 Å². The highest BCUT2D eigenvalue weighted by molar-refractivity contribution is 4.99. The lowest BCUT2D eigenvalue weighted by molar-refractivity contribution is 0.181. The normalized spacial score (nSPS) is 13.2.